The van der Waals surface area contributed by atoms with Gasteiger partial charge in [0.15, 0.2) is 0 Å². The number of thiazole rings is 1. The van der Waals surface area contributed by atoms with Crippen LogP contribution in [0.3, 0.4) is 0 Å². The lowest BCUT2D eigenvalue weighted by Crippen LogP contribution is -1.77. The van der Waals surface area contributed by atoms with Crippen LogP contribution < -0.4 is 4.74 Å². The standard InChI is InChI=1S/C8H7NOS.H2S/c1-10-8-9-6-4-2-3-5-7(6)11-8;/h2-5H,1H3;1H2. The Morgan fingerprint density at radius 2 is 2.08 bits per heavy atom. The zero-order chi connectivity index (χ0) is 7.68. The molecular weight excluding hydrogens is 190 g/mol. The zero-order valence-electron chi connectivity index (χ0n) is 6.57. The van der Waals surface area contributed by atoms with Crippen LogP contribution in [0.2, 0.25) is 0 Å². The number of hydrogen-bond acceptors (Lipinski definition) is 3. The second-order valence-corrected chi connectivity index (χ2v) is 3.14. The maximum atomic E-state index is 5.01. The third kappa shape index (κ3) is 1.54. The SMILES string of the molecule is COc1nc2ccccc2s1.S. The van der Waals surface area contributed by atoms with Crippen molar-refractivity contribution in [2.75, 3.05) is 7.11 Å². The molecule has 0 amide bonds. The largest absolute Gasteiger partial charge is 0.473 e. The highest BCUT2D eigenvalue weighted by Crippen LogP contribution is 2.26. The molecule has 0 aliphatic carbocycles. The number of aromatic nitrogens is 1. The molecule has 0 atom stereocenters. The van der Waals surface area contributed by atoms with E-state index < -0.39 is 0 Å². The van der Waals surface area contributed by atoms with Gasteiger partial charge in [0.2, 0.25) is 0 Å². The number of nitrogens with zero attached hydrogens (tertiary/aromatic N) is 1. The minimum absolute atomic E-state index is 0. The molecule has 0 radical (unpaired) electrons. The summed E-state index contributed by atoms with van der Waals surface area (Å²) in [6, 6.07) is 7.99. The molecule has 12 heavy (non-hydrogen) atoms. The summed E-state index contributed by atoms with van der Waals surface area (Å²) < 4.78 is 6.18. The lowest BCUT2D eigenvalue weighted by molar-refractivity contribution is 0.413. The van der Waals surface area contributed by atoms with Crippen molar-refractivity contribution >= 4 is 35.0 Å². The summed E-state index contributed by atoms with van der Waals surface area (Å²) in [5.41, 5.74) is 1.01. The van der Waals surface area contributed by atoms with Gasteiger partial charge in [-0.1, -0.05) is 23.5 Å². The third-order valence-electron chi connectivity index (χ3n) is 1.45. The summed E-state index contributed by atoms with van der Waals surface area (Å²) in [5.74, 6) is 0. The van der Waals surface area contributed by atoms with Crippen LogP contribution in [-0.4, -0.2) is 12.1 Å². The summed E-state index contributed by atoms with van der Waals surface area (Å²) in [6.45, 7) is 0. The Labute approximate surface area is 81.6 Å². The minimum atomic E-state index is 0. The molecule has 2 aromatic rings. The van der Waals surface area contributed by atoms with Crippen LogP contribution in [0.1, 0.15) is 0 Å². The van der Waals surface area contributed by atoms with E-state index in [0.29, 0.717) is 0 Å². The number of fused-ring (bicyclic) bond motifs is 1. The van der Waals surface area contributed by atoms with Gasteiger partial charge in [0.1, 0.15) is 0 Å². The van der Waals surface area contributed by atoms with Crippen LogP contribution in [0, 0.1) is 0 Å². The van der Waals surface area contributed by atoms with E-state index in [1.807, 2.05) is 24.3 Å². The van der Waals surface area contributed by atoms with Crippen LogP contribution in [-0.2, 0) is 0 Å². The quantitative estimate of drug-likeness (QED) is 0.703. The van der Waals surface area contributed by atoms with Crippen LogP contribution in [0.5, 0.6) is 5.19 Å². The van der Waals surface area contributed by atoms with Gasteiger partial charge in [-0.05, 0) is 12.1 Å². The lowest BCUT2D eigenvalue weighted by Gasteiger charge is -1.84. The fourth-order valence-corrected chi connectivity index (χ4v) is 1.72. The second-order valence-electron chi connectivity index (χ2n) is 2.15. The van der Waals surface area contributed by atoms with Crippen molar-refractivity contribution in [2.24, 2.45) is 0 Å². The van der Waals surface area contributed by atoms with Crippen molar-refractivity contribution in [2.45, 2.75) is 0 Å². The van der Waals surface area contributed by atoms with Crippen molar-refractivity contribution in [3.05, 3.63) is 24.3 Å². The molecule has 2 nitrogen and oxygen atoms in total. The van der Waals surface area contributed by atoms with Crippen LogP contribution >= 0.6 is 24.8 Å². The summed E-state index contributed by atoms with van der Waals surface area (Å²) >= 11 is 1.56. The molecule has 4 heteroatoms. The van der Waals surface area contributed by atoms with Gasteiger partial charge >= 0.3 is 0 Å². The average Bonchev–Trinajstić information content (AvgIpc) is 2.46. The Morgan fingerprint density at radius 3 is 2.75 bits per heavy atom. The predicted molar refractivity (Wildman–Crippen MR) is 56.6 cm³/mol. The molecule has 0 N–H and O–H groups in total. The highest BCUT2D eigenvalue weighted by Gasteiger charge is 2.00. The maximum absolute atomic E-state index is 5.01. The highest BCUT2D eigenvalue weighted by molar-refractivity contribution is 7.59. The molecule has 0 unspecified atom stereocenters. The van der Waals surface area contributed by atoms with Gasteiger partial charge in [0.05, 0.1) is 17.3 Å². The number of hydrogen-bond donors (Lipinski definition) is 0. The van der Waals surface area contributed by atoms with E-state index in [0.717, 1.165) is 10.7 Å². The number of benzene rings is 1. The van der Waals surface area contributed by atoms with Crippen molar-refractivity contribution in [1.29, 1.82) is 0 Å². The molecule has 64 valence electrons. The van der Waals surface area contributed by atoms with Crippen LogP contribution in [0.15, 0.2) is 24.3 Å². The van der Waals surface area contributed by atoms with Crippen LogP contribution in [0.4, 0.5) is 0 Å². The number of methoxy groups -OCH3 is 1. The molecule has 0 saturated carbocycles. The van der Waals surface area contributed by atoms with Gasteiger partial charge < -0.3 is 4.74 Å². The van der Waals surface area contributed by atoms with Gasteiger partial charge in [-0.25, -0.2) is 4.98 Å². The smallest absolute Gasteiger partial charge is 0.274 e. The average molecular weight is 199 g/mol. The normalized spacial score (nSPS) is 9.42. The van der Waals surface area contributed by atoms with Gasteiger partial charge in [-0.2, -0.15) is 13.5 Å². The number of ether oxygens (including phenoxy) is 1. The molecule has 0 spiro atoms. The Hall–Kier alpha value is -0.740. The molecule has 2 rings (SSSR count). The fraction of sp³-hybridized carbons (Fsp3) is 0.125. The van der Waals surface area contributed by atoms with Crippen LogP contribution in [0.25, 0.3) is 10.2 Å². The van der Waals surface area contributed by atoms with Crippen molar-refractivity contribution in [3.8, 4) is 5.19 Å². The first-order valence-electron chi connectivity index (χ1n) is 3.30. The summed E-state index contributed by atoms with van der Waals surface area (Å²) in [7, 11) is 1.64. The Bertz CT molecular complexity index is 339. The molecule has 0 aliphatic heterocycles. The first kappa shape index (κ1) is 9.35. The molecule has 1 aromatic heterocycles. The van der Waals surface area contributed by atoms with E-state index in [9.17, 15) is 0 Å². The van der Waals surface area contributed by atoms with E-state index in [1.54, 1.807) is 18.4 Å². The molecule has 0 bridgehead atoms. The first-order chi connectivity index (χ1) is 5.40. The van der Waals surface area contributed by atoms with Gasteiger partial charge in [-0.3, -0.25) is 0 Å². The van der Waals surface area contributed by atoms with E-state index >= 15 is 0 Å². The summed E-state index contributed by atoms with van der Waals surface area (Å²) in [5, 5.41) is 0.728. The van der Waals surface area contributed by atoms with Crippen molar-refractivity contribution < 1.29 is 4.74 Å². The molecular formula is C8H9NOS2. The van der Waals surface area contributed by atoms with Gasteiger partial charge in [0, 0.05) is 0 Å². The fourth-order valence-electron chi connectivity index (χ4n) is 0.938. The Balaban J connectivity index is 0.000000720. The third-order valence-corrected chi connectivity index (χ3v) is 2.45. The molecule has 1 heterocycles. The van der Waals surface area contributed by atoms with E-state index in [-0.39, 0.29) is 13.5 Å². The molecule has 0 aliphatic rings. The maximum Gasteiger partial charge on any atom is 0.274 e. The van der Waals surface area contributed by atoms with Crippen molar-refractivity contribution in [1.82, 2.24) is 4.98 Å². The predicted octanol–water partition coefficient (Wildman–Crippen LogP) is 2.42. The summed E-state index contributed by atoms with van der Waals surface area (Å²) in [6.07, 6.45) is 0. The second kappa shape index (κ2) is 3.78. The van der Waals surface area contributed by atoms with E-state index in [1.165, 1.54) is 4.70 Å². The number of para-hydroxylation sites is 1. The van der Waals surface area contributed by atoms with Gasteiger partial charge in [0.25, 0.3) is 5.19 Å². The monoisotopic (exact) mass is 199 g/mol. The first-order valence-corrected chi connectivity index (χ1v) is 4.11. The summed E-state index contributed by atoms with van der Waals surface area (Å²) in [4.78, 5) is 4.23. The highest BCUT2D eigenvalue weighted by atomic mass is 32.1. The minimum Gasteiger partial charge on any atom is -0.473 e. The topological polar surface area (TPSA) is 22.1 Å². The zero-order valence-corrected chi connectivity index (χ0v) is 8.39. The Kier molecular flexibility index (Phi) is 2.94. The number of rotatable bonds is 1. The Morgan fingerprint density at radius 1 is 1.33 bits per heavy atom. The molecule has 1 aromatic carbocycles. The van der Waals surface area contributed by atoms with E-state index in [4.69, 9.17) is 4.74 Å². The molecule has 0 fully saturated rings. The van der Waals surface area contributed by atoms with Gasteiger partial charge in [-0.15, -0.1) is 0 Å². The van der Waals surface area contributed by atoms with E-state index in [2.05, 4.69) is 4.98 Å². The molecule has 0 saturated heterocycles. The lowest BCUT2D eigenvalue weighted by atomic mass is 10.3. The van der Waals surface area contributed by atoms with Crippen molar-refractivity contribution in [3.63, 3.8) is 0 Å².